The van der Waals surface area contributed by atoms with Gasteiger partial charge in [0.15, 0.2) is 5.82 Å². The van der Waals surface area contributed by atoms with E-state index in [0.29, 0.717) is 6.04 Å². The number of tetrazole rings is 1. The Balaban J connectivity index is 2.17. The zero-order valence-electron chi connectivity index (χ0n) is 13.1. The molecule has 2 rings (SSSR count). The number of nitrogens with one attached hydrogen (secondary N) is 1. The first kappa shape index (κ1) is 15.4. The molecule has 1 aliphatic heterocycles. The van der Waals surface area contributed by atoms with Crippen molar-refractivity contribution in [3.05, 3.63) is 5.82 Å². The van der Waals surface area contributed by atoms with Crippen molar-refractivity contribution in [3.63, 3.8) is 0 Å². The molecule has 0 bridgehead atoms. The molecule has 6 nitrogen and oxygen atoms in total. The standard InChI is InChI=1S/C14H27N5O/c1-5-14(6-2)10-12(8-9-20-14)19-13(16-17-18-19)11(4)15-7-3/h11-12,15H,5-10H2,1-4H3. The van der Waals surface area contributed by atoms with Gasteiger partial charge in [0.05, 0.1) is 17.7 Å². The lowest BCUT2D eigenvalue weighted by atomic mass is 9.86. The average molecular weight is 281 g/mol. The SMILES string of the molecule is CCNC(C)c1nnnn1C1CCOC(CC)(CC)C1. The second-order valence-corrected chi connectivity index (χ2v) is 5.65. The van der Waals surface area contributed by atoms with E-state index in [2.05, 4.69) is 48.5 Å². The highest BCUT2D eigenvalue weighted by Gasteiger charge is 2.36. The van der Waals surface area contributed by atoms with E-state index in [-0.39, 0.29) is 11.6 Å². The first-order valence-corrected chi connectivity index (χ1v) is 7.80. The van der Waals surface area contributed by atoms with Gasteiger partial charge in [0.25, 0.3) is 0 Å². The molecule has 2 heterocycles. The zero-order valence-corrected chi connectivity index (χ0v) is 13.1. The first-order chi connectivity index (χ1) is 9.65. The molecule has 0 spiro atoms. The van der Waals surface area contributed by atoms with Crippen LogP contribution in [0.3, 0.4) is 0 Å². The maximum Gasteiger partial charge on any atom is 0.168 e. The third-order valence-corrected chi connectivity index (χ3v) is 4.52. The molecule has 0 saturated carbocycles. The van der Waals surface area contributed by atoms with Gasteiger partial charge in [-0.25, -0.2) is 4.68 Å². The van der Waals surface area contributed by atoms with Crippen LogP contribution in [-0.4, -0.2) is 39.0 Å². The van der Waals surface area contributed by atoms with Crippen LogP contribution in [0.15, 0.2) is 0 Å². The van der Waals surface area contributed by atoms with Crippen molar-refractivity contribution in [2.75, 3.05) is 13.2 Å². The van der Waals surface area contributed by atoms with Crippen LogP contribution in [0.4, 0.5) is 0 Å². The van der Waals surface area contributed by atoms with Crippen molar-refractivity contribution < 1.29 is 4.74 Å². The molecule has 0 amide bonds. The van der Waals surface area contributed by atoms with E-state index >= 15 is 0 Å². The number of nitrogens with zero attached hydrogens (tertiary/aromatic N) is 4. The Morgan fingerprint density at radius 2 is 2.15 bits per heavy atom. The zero-order chi connectivity index (χ0) is 14.6. The molecule has 2 atom stereocenters. The summed E-state index contributed by atoms with van der Waals surface area (Å²) in [6.07, 6.45) is 4.07. The smallest absolute Gasteiger partial charge is 0.168 e. The number of hydrogen-bond acceptors (Lipinski definition) is 5. The molecular weight excluding hydrogens is 254 g/mol. The third-order valence-electron chi connectivity index (χ3n) is 4.52. The average Bonchev–Trinajstić information content (AvgIpc) is 2.97. The van der Waals surface area contributed by atoms with Crippen LogP contribution in [0.25, 0.3) is 0 Å². The molecule has 1 N–H and O–H groups in total. The second-order valence-electron chi connectivity index (χ2n) is 5.65. The summed E-state index contributed by atoms with van der Waals surface area (Å²) < 4.78 is 8.05. The summed E-state index contributed by atoms with van der Waals surface area (Å²) in [5.41, 5.74) is -0.00639. The number of ether oxygens (including phenoxy) is 1. The molecule has 0 aromatic carbocycles. The molecule has 1 fully saturated rings. The van der Waals surface area contributed by atoms with Crippen molar-refractivity contribution in [2.24, 2.45) is 0 Å². The van der Waals surface area contributed by atoms with Gasteiger partial charge in [-0.3, -0.25) is 0 Å². The van der Waals surface area contributed by atoms with E-state index in [1.807, 2.05) is 4.68 Å². The maximum absolute atomic E-state index is 6.04. The molecule has 0 aliphatic carbocycles. The fourth-order valence-electron chi connectivity index (χ4n) is 3.10. The molecular formula is C14H27N5O. The van der Waals surface area contributed by atoms with Crippen molar-refractivity contribution in [2.45, 2.75) is 71.1 Å². The quantitative estimate of drug-likeness (QED) is 0.866. The summed E-state index contributed by atoms with van der Waals surface area (Å²) >= 11 is 0. The van der Waals surface area contributed by atoms with Crippen molar-refractivity contribution in [3.8, 4) is 0 Å². The van der Waals surface area contributed by atoms with Crippen LogP contribution in [0.2, 0.25) is 0 Å². The molecule has 0 radical (unpaired) electrons. The van der Waals surface area contributed by atoms with Crippen molar-refractivity contribution >= 4 is 0 Å². The van der Waals surface area contributed by atoms with Gasteiger partial charge < -0.3 is 10.1 Å². The molecule has 20 heavy (non-hydrogen) atoms. The van der Waals surface area contributed by atoms with Gasteiger partial charge in [0.2, 0.25) is 0 Å². The molecule has 1 aromatic heterocycles. The van der Waals surface area contributed by atoms with E-state index in [4.69, 9.17) is 4.74 Å². The molecule has 1 aromatic rings. The lowest BCUT2D eigenvalue weighted by molar-refractivity contribution is -0.101. The van der Waals surface area contributed by atoms with E-state index in [0.717, 1.165) is 44.7 Å². The normalized spacial score (nSPS) is 23.7. The summed E-state index contributed by atoms with van der Waals surface area (Å²) in [4.78, 5) is 0. The van der Waals surface area contributed by atoms with Gasteiger partial charge >= 0.3 is 0 Å². The van der Waals surface area contributed by atoms with Gasteiger partial charge in [-0.2, -0.15) is 0 Å². The van der Waals surface area contributed by atoms with Crippen LogP contribution in [0.5, 0.6) is 0 Å². The highest BCUT2D eigenvalue weighted by Crippen LogP contribution is 2.37. The fourth-order valence-corrected chi connectivity index (χ4v) is 3.10. The molecule has 1 saturated heterocycles. The van der Waals surface area contributed by atoms with Crippen LogP contribution in [-0.2, 0) is 4.74 Å². The van der Waals surface area contributed by atoms with E-state index in [9.17, 15) is 0 Å². The maximum atomic E-state index is 6.04. The lowest BCUT2D eigenvalue weighted by Gasteiger charge is -2.40. The molecule has 2 unspecified atom stereocenters. The van der Waals surface area contributed by atoms with Gasteiger partial charge in [-0.15, -0.1) is 5.10 Å². The minimum atomic E-state index is -0.00639. The summed E-state index contributed by atoms with van der Waals surface area (Å²) in [5.74, 6) is 0.930. The Morgan fingerprint density at radius 3 is 2.80 bits per heavy atom. The van der Waals surface area contributed by atoms with E-state index in [1.165, 1.54) is 0 Å². The number of hydrogen-bond donors (Lipinski definition) is 1. The van der Waals surface area contributed by atoms with Gasteiger partial charge in [-0.1, -0.05) is 20.8 Å². The monoisotopic (exact) mass is 281 g/mol. The minimum Gasteiger partial charge on any atom is -0.375 e. The number of rotatable bonds is 6. The largest absolute Gasteiger partial charge is 0.375 e. The Morgan fingerprint density at radius 1 is 1.40 bits per heavy atom. The highest BCUT2D eigenvalue weighted by molar-refractivity contribution is 4.95. The van der Waals surface area contributed by atoms with Crippen molar-refractivity contribution in [1.29, 1.82) is 0 Å². The second kappa shape index (κ2) is 6.63. The summed E-state index contributed by atoms with van der Waals surface area (Å²) in [5, 5.41) is 15.7. The number of aromatic nitrogens is 4. The van der Waals surface area contributed by atoms with Crippen LogP contribution in [0.1, 0.15) is 71.3 Å². The van der Waals surface area contributed by atoms with Crippen LogP contribution in [0, 0.1) is 0 Å². The third kappa shape index (κ3) is 3.01. The predicted octanol–water partition coefficient (Wildman–Crippen LogP) is 2.25. The van der Waals surface area contributed by atoms with Gasteiger partial charge in [-0.05, 0) is 49.6 Å². The summed E-state index contributed by atoms with van der Waals surface area (Å²) in [7, 11) is 0. The Bertz CT molecular complexity index is 415. The predicted molar refractivity (Wildman–Crippen MR) is 77.4 cm³/mol. The van der Waals surface area contributed by atoms with Crippen molar-refractivity contribution in [1.82, 2.24) is 25.5 Å². The molecule has 1 aliphatic rings. The lowest BCUT2D eigenvalue weighted by Crippen LogP contribution is -2.40. The topological polar surface area (TPSA) is 64.9 Å². The van der Waals surface area contributed by atoms with E-state index < -0.39 is 0 Å². The Kier molecular flexibility index (Phi) is 5.10. The highest BCUT2D eigenvalue weighted by atomic mass is 16.5. The summed E-state index contributed by atoms with van der Waals surface area (Å²) in [6.45, 7) is 10.3. The van der Waals surface area contributed by atoms with Gasteiger partial charge in [0.1, 0.15) is 0 Å². The summed E-state index contributed by atoms with van der Waals surface area (Å²) in [6, 6.07) is 0.519. The molecule has 6 heteroatoms. The molecule has 114 valence electrons. The Hall–Kier alpha value is -1.01. The van der Waals surface area contributed by atoms with E-state index in [1.54, 1.807) is 0 Å². The first-order valence-electron chi connectivity index (χ1n) is 7.80. The van der Waals surface area contributed by atoms with Crippen LogP contribution < -0.4 is 5.32 Å². The Labute approximate surface area is 121 Å². The van der Waals surface area contributed by atoms with Crippen LogP contribution >= 0.6 is 0 Å². The minimum absolute atomic E-state index is 0.00639. The fraction of sp³-hybridized carbons (Fsp3) is 0.929. The van der Waals surface area contributed by atoms with Gasteiger partial charge in [0, 0.05) is 6.61 Å².